The Kier molecular flexibility index (Phi) is 6.67. The van der Waals surface area contributed by atoms with Gasteiger partial charge in [-0.05, 0) is 17.7 Å². The molecule has 0 spiro atoms. The summed E-state index contributed by atoms with van der Waals surface area (Å²) in [5.41, 5.74) is 2.12. The second-order valence-corrected chi connectivity index (χ2v) is 7.86. The quantitative estimate of drug-likeness (QED) is 0.820. The van der Waals surface area contributed by atoms with Crippen LogP contribution in [0.5, 0.6) is 0 Å². The maximum atomic E-state index is 11.9. The minimum Gasteiger partial charge on any atom is -0.378 e. The number of benzene rings is 1. The molecule has 1 aromatic rings. The molecule has 6 nitrogen and oxygen atoms in total. The van der Waals surface area contributed by atoms with Crippen LogP contribution in [-0.2, 0) is 16.4 Å². The second-order valence-electron chi connectivity index (χ2n) is 5.39. The summed E-state index contributed by atoms with van der Waals surface area (Å²) in [5, 5.41) is 2.62. The fourth-order valence-electron chi connectivity index (χ4n) is 1.84. The van der Waals surface area contributed by atoms with Crippen molar-refractivity contribution in [1.82, 2.24) is 10.2 Å². The molecule has 0 saturated heterocycles. The highest BCUT2D eigenvalue weighted by molar-refractivity contribution is 7.91. The minimum atomic E-state index is -3.05. The zero-order valence-corrected chi connectivity index (χ0v) is 14.5. The van der Waals surface area contributed by atoms with E-state index in [1.807, 2.05) is 43.3 Å². The Morgan fingerprint density at radius 1 is 1.14 bits per heavy atom. The van der Waals surface area contributed by atoms with Crippen LogP contribution in [0.3, 0.4) is 0 Å². The van der Waals surface area contributed by atoms with Gasteiger partial charge in [-0.1, -0.05) is 19.1 Å². The molecule has 0 aliphatic heterocycles. The Balaban J connectivity index is 2.47. The van der Waals surface area contributed by atoms with Crippen LogP contribution < -0.4 is 10.2 Å². The SMILES string of the molecule is CCS(=O)(=O)CCNC(=O)N(C)Cc1ccc(N(C)C)cc1. The van der Waals surface area contributed by atoms with Gasteiger partial charge in [0, 0.05) is 45.7 Å². The number of nitrogens with one attached hydrogen (secondary N) is 1. The van der Waals surface area contributed by atoms with E-state index in [-0.39, 0.29) is 24.1 Å². The normalized spacial score (nSPS) is 11.1. The first-order valence-electron chi connectivity index (χ1n) is 7.21. The molecular formula is C15H25N3O3S. The molecule has 0 fully saturated rings. The maximum absolute atomic E-state index is 11.9. The summed E-state index contributed by atoms with van der Waals surface area (Å²) in [6.45, 7) is 2.21. The summed E-state index contributed by atoms with van der Waals surface area (Å²) in [6, 6.07) is 7.66. The van der Waals surface area contributed by atoms with Crippen LogP contribution in [0.1, 0.15) is 12.5 Å². The number of amides is 2. The summed E-state index contributed by atoms with van der Waals surface area (Å²) in [6.07, 6.45) is 0. The first-order chi connectivity index (χ1) is 10.2. The predicted molar refractivity (Wildman–Crippen MR) is 90.0 cm³/mol. The van der Waals surface area contributed by atoms with E-state index in [1.54, 1.807) is 14.0 Å². The fraction of sp³-hybridized carbons (Fsp3) is 0.533. The highest BCUT2D eigenvalue weighted by Crippen LogP contribution is 2.13. The van der Waals surface area contributed by atoms with Gasteiger partial charge in [0.15, 0.2) is 9.84 Å². The van der Waals surface area contributed by atoms with Crippen LogP contribution in [0.15, 0.2) is 24.3 Å². The Morgan fingerprint density at radius 2 is 1.73 bits per heavy atom. The monoisotopic (exact) mass is 327 g/mol. The Hall–Kier alpha value is -1.76. The molecular weight excluding hydrogens is 302 g/mol. The molecule has 0 bridgehead atoms. The molecule has 22 heavy (non-hydrogen) atoms. The molecule has 1 rings (SSSR count). The van der Waals surface area contributed by atoms with Gasteiger partial charge in [-0.3, -0.25) is 0 Å². The predicted octanol–water partition coefficient (Wildman–Crippen LogP) is 1.33. The average Bonchev–Trinajstić information content (AvgIpc) is 2.47. The van der Waals surface area contributed by atoms with Gasteiger partial charge >= 0.3 is 6.03 Å². The topological polar surface area (TPSA) is 69.7 Å². The third-order valence-electron chi connectivity index (χ3n) is 3.35. The third kappa shape index (κ3) is 5.93. The molecule has 0 atom stereocenters. The van der Waals surface area contributed by atoms with Crippen molar-refractivity contribution >= 4 is 21.6 Å². The third-order valence-corrected chi connectivity index (χ3v) is 5.05. The molecule has 0 unspecified atom stereocenters. The molecule has 124 valence electrons. The van der Waals surface area contributed by atoms with E-state index in [9.17, 15) is 13.2 Å². The number of carbonyl (C=O) groups excluding carboxylic acids is 1. The fourth-order valence-corrected chi connectivity index (χ4v) is 2.54. The number of rotatable bonds is 7. The van der Waals surface area contributed by atoms with Gasteiger partial charge in [-0.15, -0.1) is 0 Å². The molecule has 0 saturated carbocycles. The Morgan fingerprint density at radius 3 is 2.23 bits per heavy atom. The summed E-state index contributed by atoms with van der Waals surface area (Å²) >= 11 is 0. The lowest BCUT2D eigenvalue weighted by Crippen LogP contribution is -2.39. The molecule has 0 aliphatic carbocycles. The number of sulfone groups is 1. The van der Waals surface area contributed by atoms with Gasteiger partial charge in [0.05, 0.1) is 5.75 Å². The smallest absolute Gasteiger partial charge is 0.317 e. The highest BCUT2D eigenvalue weighted by Gasteiger charge is 2.11. The van der Waals surface area contributed by atoms with Crippen LogP contribution in [0, 0.1) is 0 Å². The first kappa shape index (κ1) is 18.3. The van der Waals surface area contributed by atoms with Crippen LogP contribution in [0.25, 0.3) is 0 Å². The van der Waals surface area contributed by atoms with Crippen LogP contribution in [0.2, 0.25) is 0 Å². The number of anilines is 1. The number of hydrogen-bond acceptors (Lipinski definition) is 4. The van der Waals surface area contributed by atoms with Gasteiger partial charge in [0.25, 0.3) is 0 Å². The van der Waals surface area contributed by atoms with E-state index >= 15 is 0 Å². The van der Waals surface area contributed by atoms with Crippen molar-refractivity contribution in [2.24, 2.45) is 0 Å². The average molecular weight is 327 g/mol. The zero-order valence-electron chi connectivity index (χ0n) is 13.7. The lowest BCUT2D eigenvalue weighted by atomic mass is 10.2. The van der Waals surface area contributed by atoms with Crippen molar-refractivity contribution in [3.05, 3.63) is 29.8 Å². The summed E-state index contributed by atoms with van der Waals surface area (Å²) in [4.78, 5) is 15.4. The molecule has 1 N–H and O–H groups in total. The molecule has 1 aromatic carbocycles. The van der Waals surface area contributed by atoms with E-state index in [4.69, 9.17) is 0 Å². The van der Waals surface area contributed by atoms with Gasteiger partial charge in [0.2, 0.25) is 0 Å². The van der Waals surface area contributed by atoms with Crippen LogP contribution in [-0.4, -0.2) is 58.5 Å². The van der Waals surface area contributed by atoms with Gasteiger partial charge in [0.1, 0.15) is 0 Å². The molecule has 2 amide bonds. The van der Waals surface area contributed by atoms with Crippen LogP contribution >= 0.6 is 0 Å². The molecule has 0 aliphatic rings. The zero-order chi connectivity index (χ0) is 16.8. The van der Waals surface area contributed by atoms with E-state index in [0.29, 0.717) is 6.54 Å². The lowest BCUT2D eigenvalue weighted by Gasteiger charge is -2.19. The lowest BCUT2D eigenvalue weighted by molar-refractivity contribution is 0.207. The Labute approximate surface area is 133 Å². The van der Waals surface area contributed by atoms with Crippen molar-refractivity contribution < 1.29 is 13.2 Å². The van der Waals surface area contributed by atoms with Gasteiger partial charge in [-0.25, -0.2) is 13.2 Å². The number of urea groups is 1. The highest BCUT2D eigenvalue weighted by atomic mass is 32.2. The molecule has 0 aromatic heterocycles. The van der Waals surface area contributed by atoms with Crippen molar-refractivity contribution in [3.8, 4) is 0 Å². The Bertz CT molecular complexity index is 583. The maximum Gasteiger partial charge on any atom is 0.317 e. The van der Waals surface area contributed by atoms with Crippen molar-refractivity contribution in [2.75, 3.05) is 44.1 Å². The van der Waals surface area contributed by atoms with E-state index < -0.39 is 9.84 Å². The van der Waals surface area contributed by atoms with E-state index in [2.05, 4.69) is 5.32 Å². The van der Waals surface area contributed by atoms with E-state index in [0.717, 1.165) is 11.3 Å². The van der Waals surface area contributed by atoms with Gasteiger partial charge < -0.3 is 15.1 Å². The largest absolute Gasteiger partial charge is 0.378 e. The second kappa shape index (κ2) is 8.03. The van der Waals surface area contributed by atoms with Crippen molar-refractivity contribution in [2.45, 2.75) is 13.5 Å². The summed E-state index contributed by atoms with van der Waals surface area (Å²) in [7, 11) is 2.58. The number of hydrogen-bond donors (Lipinski definition) is 1. The first-order valence-corrected chi connectivity index (χ1v) is 9.03. The summed E-state index contributed by atoms with van der Waals surface area (Å²) in [5.74, 6) is 0.0670. The van der Waals surface area contributed by atoms with Gasteiger partial charge in [-0.2, -0.15) is 0 Å². The molecule has 7 heteroatoms. The number of carbonyl (C=O) groups is 1. The number of nitrogens with zero attached hydrogens (tertiary/aromatic N) is 2. The standard InChI is InChI=1S/C15H25N3O3S/c1-5-22(20,21)11-10-16-15(19)18(4)12-13-6-8-14(9-7-13)17(2)3/h6-9H,5,10-12H2,1-4H3,(H,16,19). The molecule has 0 radical (unpaired) electrons. The van der Waals surface area contributed by atoms with Crippen LogP contribution in [0.4, 0.5) is 10.5 Å². The minimum absolute atomic E-state index is 0.0272. The van der Waals surface area contributed by atoms with E-state index in [1.165, 1.54) is 4.90 Å². The van der Waals surface area contributed by atoms with Crippen molar-refractivity contribution in [1.29, 1.82) is 0 Å². The summed E-state index contributed by atoms with van der Waals surface area (Å²) < 4.78 is 22.7. The molecule has 0 heterocycles. The van der Waals surface area contributed by atoms with Crippen molar-refractivity contribution in [3.63, 3.8) is 0 Å².